The summed E-state index contributed by atoms with van der Waals surface area (Å²) in [6, 6.07) is 13.1. The number of hydrogen-bond acceptors (Lipinski definition) is 3. The third-order valence-corrected chi connectivity index (χ3v) is 3.62. The summed E-state index contributed by atoms with van der Waals surface area (Å²) in [7, 11) is 0. The molecule has 4 heteroatoms. The summed E-state index contributed by atoms with van der Waals surface area (Å²) in [4.78, 5) is 0. The average Bonchev–Trinajstić information content (AvgIpc) is 2.43. The lowest BCUT2D eigenvalue weighted by atomic mass is 10.0. The Kier molecular flexibility index (Phi) is 4.31. The highest BCUT2D eigenvalue weighted by atomic mass is 79.9. The van der Waals surface area contributed by atoms with Gasteiger partial charge in [-0.3, -0.25) is 0 Å². The van der Waals surface area contributed by atoms with Crippen molar-refractivity contribution in [2.24, 2.45) is 0 Å². The minimum Gasteiger partial charge on any atom is -0.508 e. The normalized spacial score (nSPS) is 11.7. The van der Waals surface area contributed by atoms with Crippen molar-refractivity contribution in [2.45, 2.75) is 19.9 Å². The second-order valence-electron chi connectivity index (χ2n) is 4.73. The molecule has 102 valence electrons. The van der Waals surface area contributed by atoms with E-state index in [1.165, 1.54) is 0 Å². The van der Waals surface area contributed by atoms with E-state index in [-0.39, 0.29) is 11.8 Å². The molecule has 0 fully saturated rings. The van der Waals surface area contributed by atoms with Crippen LogP contribution in [0.15, 0.2) is 40.9 Å². The van der Waals surface area contributed by atoms with Crippen LogP contribution in [0.25, 0.3) is 0 Å². The number of rotatable bonds is 3. The molecule has 0 heterocycles. The number of phenolic OH excluding ortho intramolecular Hbond substituents is 1. The lowest BCUT2D eigenvalue weighted by Gasteiger charge is -2.18. The van der Waals surface area contributed by atoms with Gasteiger partial charge in [-0.25, -0.2) is 0 Å². The Hall–Kier alpha value is -1.99. The molecule has 20 heavy (non-hydrogen) atoms. The van der Waals surface area contributed by atoms with Crippen molar-refractivity contribution in [2.75, 3.05) is 5.32 Å². The number of nitrogens with one attached hydrogen (secondary N) is 1. The topological polar surface area (TPSA) is 56.0 Å². The van der Waals surface area contributed by atoms with Crippen molar-refractivity contribution in [1.82, 2.24) is 0 Å². The van der Waals surface area contributed by atoms with Crippen LogP contribution in [-0.4, -0.2) is 5.11 Å². The molecule has 0 saturated carbocycles. The van der Waals surface area contributed by atoms with Crippen molar-refractivity contribution in [3.8, 4) is 11.8 Å². The first kappa shape index (κ1) is 14.4. The quantitative estimate of drug-likeness (QED) is 0.870. The van der Waals surface area contributed by atoms with Gasteiger partial charge in [-0.2, -0.15) is 5.26 Å². The van der Waals surface area contributed by atoms with Crippen LogP contribution in [0.1, 0.15) is 29.7 Å². The first-order chi connectivity index (χ1) is 9.51. The molecule has 0 aliphatic rings. The highest BCUT2D eigenvalue weighted by Gasteiger charge is 2.12. The number of aromatic hydroxyl groups is 1. The summed E-state index contributed by atoms with van der Waals surface area (Å²) in [5.41, 5.74) is 3.22. The standard InChI is InChI=1S/C16H15BrN2O/c1-10-3-6-16(20)14(7-10)11(2)19-15-5-4-13(17)8-12(15)9-18/h3-8,11,19-20H,1-2H3. The summed E-state index contributed by atoms with van der Waals surface area (Å²) in [6.45, 7) is 3.94. The van der Waals surface area contributed by atoms with E-state index in [1.54, 1.807) is 12.1 Å². The largest absolute Gasteiger partial charge is 0.508 e. The van der Waals surface area contributed by atoms with E-state index in [9.17, 15) is 5.11 Å². The van der Waals surface area contributed by atoms with Crippen LogP contribution in [0.3, 0.4) is 0 Å². The number of hydrogen-bond donors (Lipinski definition) is 2. The lowest BCUT2D eigenvalue weighted by molar-refractivity contribution is 0.465. The maximum Gasteiger partial charge on any atom is 0.120 e. The van der Waals surface area contributed by atoms with Gasteiger partial charge in [-0.1, -0.05) is 33.6 Å². The van der Waals surface area contributed by atoms with E-state index >= 15 is 0 Å². The van der Waals surface area contributed by atoms with Crippen LogP contribution in [0.4, 0.5) is 5.69 Å². The molecule has 2 N–H and O–H groups in total. The SMILES string of the molecule is Cc1ccc(O)c(C(C)Nc2ccc(Br)cc2C#N)c1. The summed E-state index contributed by atoms with van der Waals surface area (Å²) in [5, 5.41) is 22.4. The number of halogens is 1. The molecule has 0 amide bonds. The van der Waals surface area contributed by atoms with Crippen LogP contribution in [-0.2, 0) is 0 Å². The number of aryl methyl sites for hydroxylation is 1. The lowest BCUT2D eigenvalue weighted by Crippen LogP contribution is -2.08. The van der Waals surface area contributed by atoms with E-state index < -0.39 is 0 Å². The second kappa shape index (κ2) is 5.98. The molecule has 3 nitrogen and oxygen atoms in total. The number of nitrogens with zero attached hydrogens (tertiary/aromatic N) is 1. The van der Waals surface area contributed by atoms with Crippen LogP contribution >= 0.6 is 15.9 Å². The highest BCUT2D eigenvalue weighted by molar-refractivity contribution is 9.10. The van der Waals surface area contributed by atoms with Crippen LogP contribution in [0.2, 0.25) is 0 Å². The third kappa shape index (κ3) is 3.12. The molecule has 1 atom stereocenters. The molecule has 0 spiro atoms. The predicted molar refractivity (Wildman–Crippen MR) is 83.7 cm³/mol. The number of phenols is 1. The average molecular weight is 331 g/mol. The smallest absolute Gasteiger partial charge is 0.120 e. The molecule has 2 aromatic carbocycles. The fourth-order valence-corrected chi connectivity index (χ4v) is 2.43. The molecule has 0 aliphatic carbocycles. The van der Waals surface area contributed by atoms with E-state index in [4.69, 9.17) is 5.26 Å². The van der Waals surface area contributed by atoms with Crippen molar-refractivity contribution in [1.29, 1.82) is 5.26 Å². The van der Waals surface area contributed by atoms with Crippen LogP contribution < -0.4 is 5.32 Å². The summed E-state index contributed by atoms with van der Waals surface area (Å²) in [6.07, 6.45) is 0. The molecule has 0 bridgehead atoms. The Morgan fingerprint density at radius 1 is 1.25 bits per heavy atom. The molecule has 0 saturated heterocycles. The Morgan fingerprint density at radius 2 is 2.00 bits per heavy atom. The first-order valence-electron chi connectivity index (χ1n) is 6.27. The summed E-state index contributed by atoms with van der Waals surface area (Å²) in [5.74, 6) is 0.256. The van der Waals surface area contributed by atoms with Gasteiger partial charge in [0.2, 0.25) is 0 Å². The molecular formula is C16H15BrN2O. The van der Waals surface area contributed by atoms with Gasteiger partial charge in [-0.05, 0) is 38.1 Å². The molecule has 2 rings (SSSR count). The van der Waals surface area contributed by atoms with Crippen LogP contribution in [0, 0.1) is 18.3 Å². The van der Waals surface area contributed by atoms with Crippen molar-refractivity contribution in [3.63, 3.8) is 0 Å². The Morgan fingerprint density at radius 3 is 2.70 bits per heavy atom. The summed E-state index contributed by atoms with van der Waals surface area (Å²) < 4.78 is 0.866. The van der Waals surface area contributed by atoms with Gasteiger partial charge in [0.15, 0.2) is 0 Å². The molecule has 0 radical (unpaired) electrons. The Labute approximate surface area is 127 Å². The van der Waals surface area contributed by atoms with Gasteiger partial charge >= 0.3 is 0 Å². The van der Waals surface area contributed by atoms with Gasteiger partial charge in [0.05, 0.1) is 17.3 Å². The monoisotopic (exact) mass is 330 g/mol. The van der Waals surface area contributed by atoms with Crippen molar-refractivity contribution < 1.29 is 5.11 Å². The van der Waals surface area contributed by atoms with Crippen LogP contribution in [0.5, 0.6) is 5.75 Å². The van der Waals surface area contributed by atoms with E-state index in [2.05, 4.69) is 27.3 Å². The van der Waals surface area contributed by atoms with Gasteiger partial charge in [0.25, 0.3) is 0 Å². The van der Waals surface area contributed by atoms with Crippen molar-refractivity contribution >= 4 is 21.6 Å². The highest BCUT2D eigenvalue weighted by Crippen LogP contribution is 2.29. The molecular weight excluding hydrogens is 316 g/mol. The second-order valence-corrected chi connectivity index (χ2v) is 5.65. The first-order valence-corrected chi connectivity index (χ1v) is 7.06. The van der Waals surface area contributed by atoms with E-state index in [1.807, 2.05) is 38.1 Å². The maximum atomic E-state index is 9.94. The van der Waals surface area contributed by atoms with Gasteiger partial charge in [0.1, 0.15) is 11.8 Å². The number of benzene rings is 2. The van der Waals surface area contributed by atoms with Gasteiger partial charge in [-0.15, -0.1) is 0 Å². The zero-order valence-corrected chi connectivity index (χ0v) is 12.9. The van der Waals surface area contributed by atoms with Gasteiger partial charge in [0, 0.05) is 10.0 Å². The van der Waals surface area contributed by atoms with E-state index in [0.29, 0.717) is 5.56 Å². The molecule has 1 unspecified atom stereocenters. The number of nitriles is 1. The Balaban J connectivity index is 2.30. The number of anilines is 1. The minimum absolute atomic E-state index is 0.0943. The summed E-state index contributed by atoms with van der Waals surface area (Å²) >= 11 is 3.35. The third-order valence-electron chi connectivity index (χ3n) is 3.12. The zero-order chi connectivity index (χ0) is 14.7. The van der Waals surface area contributed by atoms with Crippen molar-refractivity contribution in [3.05, 3.63) is 57.6 Å². The zero-order valence-electron chi connectivity index (χ0n) is 11.3. The van der Waals surface area contributed by atoms with Gasteiger partial charge < -0.3 is 10.4 Å². The Bertz CT molecular complexity index is 677. The maximum absolute atomic E-state index is 9.94. The fourth-order valence-electron chi connectivity index (χ4n) is 2.07. The molecule has 0 aliphatic heterocycles. The fraction of sp³-hybridized carbons (Fsp3) is 0.188. The minimum atomic E-state index is -0.0943. The molecule has 2 aromatic rings. The molecule has 0 aromatic heterocycles. The van der Waals surface area contributed by atoms with E-state index in [0.717, 1.165) is 21.3 Å². The predicted octanol–water partition coefficient (Wildman–Crippen LogP) is 4.51.